The highest BCUT2D eigenvalue weighted by molar-refractivity contribution is 5.96. The summed E-state index contributed by atoms with van der Waals surface area (Å²) in [5, 5.41) is 12.9. The zero-order valence-electron chi connectivity index (χ0n) is 10.2. The zero-order valence-corrected chi connectivity index (χ0v) is 10.2. The maximum Gasteiger partial charge on any atom is 0.255 e. The molecule has 0 aromatic carbocycles. The molecule has 1 rings (SSSR count). The molecule has 1 amide bonds. The first-order valence-corrected chi connectivity index (χ1v) is 5.67. The molecule has 0 atom stereocenters. The molecule has 0 unspecified atom stereocenters. The number of carbonyl (C=O) groups is 1. The van der Waals surface area contributed by atoms with E-state index in [0.717, 1.165) is 30.9 Å². The Kier molecular flexibility index (Phi) is 4.98. The number of H-pyrrole nitrogens is 1. The number of rotatable bonds is 6. The van der Waals surface area contributed by atoms with Gasteiger partial charge in [-0.2, -0.15) is 5.10 Å². The Morgan fingerprint density at radius 3 is 2.69 bits per heavy atom. The summed E-state index contributed by atoms with van der Waals surface area (Å²) in [6, 6.07) is 0. The average Bonchev–Trinajstić information content (AvgIpc) is 2.58. The number of aromatic nitrogens is 2. The van der Waals surface area contributed by atoms with Crippen molar-refractivity contribution in [2.45, 2.75) is 27.2 Å². The van der Waals surface area contributed by atoms with Gasteiger partial charge in [0.2, 0.25) is 0 Å². The second kappa shape index (κ2) is 6.27. The second-order valence-corrected chi connectivity index (χ2v) is 3.77. The third-order valence-corrected chi connectivity index (χ3v) is 2.42. The lowest BCUT2D eigenvalue weighted by atomic mass is 10.2. The molecular weight excluding hydrogens is 204 g/mol. The number of nitrogens with one attached hydrogen (secondary N) is 3. The standard InChI is InChI=1S/C11H20N4O/c1-4-12-6-5-7-13-11(16)10-8(2)14-15-9(10)3/h12H,4-7H2,1-3H3,(H,13,16)(H,14,15). The molecule has 1 heterocycles. The first-order chi connectivity index (χ1) is 7.66. The fourth-order valence-electron chi connectivity index (χ4n) is 1.57. The minimum absolute atomic E-state index is 0.0414. The molecule has 0 bridgehead atoms. The quantitative estimate of drug-likeness (QED) is 0.625. The van der Waals surface area contributed by atoms with Crippen LogP contribution in [0.1, 0.15) is 35.1 Å². The smallest absolute Gasteiger partial charge is 0.255 e. The minimum atomic E-state index is -0.0414. The van der Waals surface area contributed by atoms with E-state index < -0.39 is 0 Å². The molecule has 90 valence electrons. The van der Waals surface area contributed by atoms with E-state index >= 15 is 0 Å². The normalized spacial score (nSPS) is 10.4. The molecule has 0 saturated carbocycles. The van der Waals surface area contributed by atoms with Crippen molar-refractivity contribution in [2.24, 2.45) is 0 Å². The summed E-state index contributed by atoms with van der Waals surface area (Å²) in [4.78, 5) is 11.8. The molecule has 1 aromatic rings. The zero-order chi connectivity index (χ0) is 12.0. The summed E-state index contributed by atoms with van der Waals surface area (Å²) in [6.07, 6.45) is 0.940. The van der Waals surface area contributed by atoms with Crippen molar-refractivity contribution in [1.82, 2.24) is 20.8 Å². The Balaban J connectivity index is 2.36. The first kappa shape index (κ1) is 12.7. The molecule has 16 heavy (non-hydrogen) atoms. The molecular formula is C11H20N4O. The van der Waals surface area contributed by atoms with Gasteiger partial charge < -0.3 is 10.6 Å². The Hall–Kier alpha value is -1.36. The monoisotopic (exact) mass is 224 g/mol. The van der Waals surface area contributed by atoms with Crippen molar-refractivity contribution in [3.05, 3.63) is 17.0 Å². The molecule has 5 heteroatoms. The summed E-state index contributed by atoms with van der Waals surface area (Å²) in [6.45, 7) is 8.34. The highest BCUT2D eigenvalue weighted by Gasteiger charge is 2.13. The molecule has 0 saturated heterocycles. The lowest BCUT2D eigenvalue weighted by Crippen LogP contribution is -2.28. The van der Waals surface area contributed by atoms with E-state index in [2.05, 4.69) is 27.8 Å². The molecule has 1 aromatic heterocycles. The van der Waals surface area contributed by atoms with Crippen LogP contribution in [-0.2, 0) is 0 Å². The van der Waals surface area contributed by atoms with Crippen LogP contribution in [0.4, 0.5) is 0 Å². The molecule has 0 aliphatic rings. The Morgan fingerprint density at radius 2 is 2.12 bits per heavy atom. The van der Waals surface area contributed by atoms with Gasteiger partial charge in [-0.3, -0.25) is 9.89 Å². The second-order valence-electron chi connectivity index (χ2n) is 3.77. The number of hydrogen-bond acceptors (Lipinski definition) is 3. The molecule has 5 nitrogen and oxygen atoms in total. The third kappa shape index (κ3) is 3.34. The molecule has 0 spiro atoms. The average molecular weight is 224 g/mol. The predicted molar refractivity (Wildman–Crippen MR) is 63.6 cm³/mol. The van der Waals surface area contributed by atoms with E-state index in [9.17, 15) is 4.79 Å². The SMILES string of the molecule is CCNCCCNC(=O)c1c(C)n[nH]c1C. The third-order valence-electron chi connectivity index (χ3n) is 2.42. The van der Waals surface area contributed by atoms with Gasteiger partial charge in [0.25, 0.3) is 5.91 Å². The lowest BCUT2D eigenvalue weighted by molar-refractivity contribution is 0.0952. The maximum absolute atomic E-state index is 11.8. The van der Waals surface area contributed by atoms with Crippen molar-refractivity contribution < 1.29 is 4.79 Å². The fraction of sp³-hybridized carbons (Fsp3) is 0.636. The van der Waals surface area contributed by atoms with Gasteiger partial charge in [-0.1, -0.05) is 6.92 Å². The number of nitrogens with zero attached hydrogens (tertiary/aromatic N) is 1. The van der Waals surface area contributed by atoms with Crippen LogP contribution in [0, 0.1) is 13.8 Å². The molecule has 0 aliphatic carbocycles. The van der Waals surface area contributed by atoms with Crippen LogP contribution in [-0.4, -0.2) is 35.7 Å². The number of aryl methyl sites for hydroxylation is 2. The topological polar surface area (TPSA) is 69.8 Å². The van der Waals surface area contributed by atoms with Gasteiger partial charge in [-0.15, -0.1) is 0 Å². The van der Waals surface area contributed by atoms with E-state index in [1.807, 2.05) is 13.8 Å². The summed E-state index contributed by atoms with van der Waals surface area (Å²) in [7, 11) is 0. The molecule has 3 N–H and O–H groups in total. The fourth-order valence-corrected chi connectivity index (χ4v) is 1.57. The van der Waals surface area contributed by atoms with Crippen molar-refractivity contribution in [3.63, 3.8) is 0 Å². The summed E-state index contributed by atoms with van der Waals surface area (Å²) in [5.41, 5.74) is 2.24. The Morgan fingerprint density at radius 1 is 1.38 bits per heavy atom. The first-order valence-electron chi connectivity index (χ1n) is 5.67. The maximum atomic E-state index is 11.8. The van der Waals surface area contributed by atoms with Crippen LogP contribution in [0.2, 0.25) is 0 Å². The highest BCUT2D eigenvalue weighted by Crippen LogP contribution is 2.08. The largest absolute Gasteiger partial charge is 0.352 e. The van der Waals surface area contributed by atoms with Crippen LogP contribution in [0.3, 0.4) is 0 Å². The van der Waals surface area contributed by atoms with Crippen LogP contribution >= 0.6 is 0 Å². The summed E-state index contributed by atoms with van der Waals surface area (Å²) in [5.74, 6) is -0.0414. The van der Waals surface area contributed by atoms with Crippen molar-refractivity contribution in [2.75, 3.05) is 19.6 Å². The lowest BCUT2D eigenvalue weighted by Gasteiger charge is -2.05. The van der Waals surface area contributed by atoms with E-state index in [1.54, 1.807) is 0 Å². The van der Waals surface area contributed by atoms with Gasteiger partial charge in [-0.05, 0) is 33.4 Å². The van der Waals surface area contributed by atoms with Crippen molar-refractivity contribution in [3.8, 4) is 0 Å². The molecule has 0 aliphatic heterocycles. The van der Waals surface area contributed by atoms with Gasteiger partial charge in [-0.25, -0.2) is 0 Å². The number of carbonyl (C=O) groups excluding carboxylic acids is 1. The van der Waals surface area contributed by atoms with Crippen LogP contribution < -0.4 is 10.6 Å². The van der Waals surface area contributed by atoms with Gasteiger partial charge in [0, 0.05) is 12.2 Å². The highest BCUT2D eigenvalue weighted by atomic mass is 16.1. The van der Waals surface area contributed by atoms with Gasteiger partial charge in [0.05, 0.1) is 11.3 Å². The minimum Gasteiger partial charge on any atom is -0.352 e. The van der Waals surface area contributed by atoms with Gasteiger partial charge in [0.15, 0.2) is 0 Å². The van der Waals surface area contributed by atoms with Crippen LogP contribution in [0.5, 0.6) is 0 Å². The van der Waals surface area contributed by atoms with Crippen molar-refractivity contribution >= 4 is 5.91 Å². The Bertz CT molecular complexity index is 326. The van der Waals surface area contributed by atoms with E-state index in [0.29, 0.717) is 12.1 Å². The summed E-state index contributed by atoms with van der Waals surface area (Å²) < 4.78 is 0. The van der Waals surface area contributed by atoms with E-state index in [4.69, 9.17) is 0 Å². The number of amides is 1. The van der Waals surface area contributed by atoms with E-state index in [1.165, 1.54) is 0 Å². The van der Waals surface area contributed by atoms with Gasteiger partial charge in [0.1, 0.15) is 0 Å². The summed E-state index contributed by atoms with van der Waals surface area (Å²) >= 11 is 0. The van der Waals surface area contributed by atoms with Crippen LogP contribution in [0.15, 0.2) is 0 Å². The van der Waals surface area contributed by atoms with E-state index in [-0.39, 0.29) is 5.91 Å². The predicted octanol–water partition coefficient (Wildman–Crippen LogP) is 0.756. The van der Waals surface area contributed by atoms with Crippen molar-refractivity contribution in [1.29, 1.82) is 0 Å². The number of hydrogen-bond donors (Lipinski definition) is 3. The number of aromatic amines is 1. The molecule has 0 fully saturated rings. The van der Waals surface area contributed by atoms with Gasteiger partial charge >= 0.3 is 0 Å². The van der Waals surface area contributed by atoms with Crippen LogP contribution in [0.25, 0.3) is 0 Å². The Labute approximate surface area is 96.0 Å². The molecule has 0 radical (unpaired) electrons.